The van der Waals surface area contributed by atoms with Gasteiger partial charge in [-0.05, 0) is 42.5 Å². The summed E-state index contributed by atoms with van der Waals surface area (Å²) in [5.41, 5.74) is 9.59. The summed E-state index contributed by atoms with van der Waals surface area (Å²) in [6.45, 7) is 4.14. The van der Waals surface area contributed by atoms with E-state index in [1.165, 1.54) is 42.7 Å². The molecule has 0 saturated carbocycles. The fourth-order valence-electron chi connectivity index (χ4n) is 3.27. The maximum atomic E-state index is 5.72. The summed E-state index contributed by atoms with van der Waals surface area (Å²) < 4.78 is 0. The number of benzene rings is 2. The van der Waals surface area contributed by atoms with E-state index in [2.05, 4.69) is 64.8 Å². The summed E-state index contributed by atoms with van der Waals surface area (Å²) in [4.78, 5) is 2.58. The van der Waals surface area contributed by atoms with Gasteiger partial charge in [0.2, 0.25) is 0 Å². The van der Waals surface area contributed by atoms with Crippen LogP contribution in [0, 0.1) is 0 Å². The quantitative estimate of drug-likeness (QED) is 0.860. The summed E-state index contributed by atoms with van der Waals surface area (Å²) in [6.07, 6.45) is 3.56. The van der Waals surface area contributed by atoms with Gasteiger partial charge in [-0.2, -0.15) is 0 Å². The van der Waals surface area contributed by atoms with Crippen LogP contribution in [0.4, 0.5) is 5.69 Å². The van der Waals surface area contributed by atoms with Crippen LogP contribution in [0.5, 0.6) is 0 Å². The molecular formula is C20H27N3. The van der Waals surface area contributed by atoms with Crippen LogP contribution < -0.4 is 11.1 Å². The monoisotopic (exact) mass is 309 g/mol. The zero-order chi connectivity index (χ0) is 15.9. The predicted molar refractivity (Wildman–Crippen MR) is 97.6 cm³/mol. The molecule has 3 nitrogen and oxygen atoms in total. The SMILES string of the molecule is NCc1cccc(CCN2CCC(Nc3ccccc3)CC2)c1. The molecule has 2 aromatic carbocycles. The van der Waals surface area contributed by atoms with Gasteiger partial charge in [0, 0.05) is 37.9 Å². The van der Waals surface area contributed by atoms with Crippen molar-refractivity contribution in [1.29, 1.82) is 0 Å². The van der Waals surface area contributed by atoms with E-state index in [0.717, 1.165) is 13.0 Å². The van der Waals surface area contributed by atoms with Crippen molar-refractivity contribution in [3.8, 4) is 0 Å². The average molecular weight is 309 g/mol. The van der Waals surface area contributed by atoms with E-state index >= 15 is 0 Å². The van der Waals surface area contributed by atoms with E-state index in [-0.39, 0.29) is 0 Å². The Morgan fingerprint density at radius 1 is 0.957 bits per heavy atom. The number of nitrogens with one attached hydrogen (secondary N) is 1. The third-order valence-corrected chi connectivity index (χ3v) is 4.68. The molecule has 0 bridgehead atoms. The number of likely N-dealkylation sites (tertiary alicyclic amines) is 1. The summed E-state index contributed by atoms with van der Waals surface area (Å²) >= 11 is 0. The van der Waals surface area contributed by atoms with Crippen molar-refractivity contribution in [3.63, 3.8) is 0 Å². The van der Waals surface area contributed by atoms with Gasteiger partial charge in [-0.1, -0.05) is 42.5 Å². The fourth-order valence-corrected chi connectivity index (χ4v) is 3.27. The minimum atomic E-state index is 0.606. The number of para-hydroxylation sites is 1. The van der Waals surface area contributed by atoms with Crippen molar-refractivity contribution in [3.05, 3.63) is 65.7 Å². The average Bonchev–Trinajstić information content (AvgIpc) is 2.62. The van der Waals surface area contributed by atoms with Crippen molar-refractivity contribution in [1.82, 2.24) is 4.90 Å². The van der Waals surface area contributed by atoms with E-state index < -0.39 is 0 Å². The summed E-state index contributed by atoms with van der Waals surface area (Å²) in [5, 5.41) is 3.65. The van der Waals surface area contributed by atoms with E-state index in [1.54, 1.807) is 0 Å². The van der Waals surface area contributed by atoms with Crippen LogP contribution in [0.2, 0.25) is 0 Å². The molecule has 0 amide bonds. The Morgan fingerprint density at radius 2 is 1.70 bits per heavy atom. The molecule has 0 aromatic heterocycles. The third kappa shape index (κ3) is 4.81. The number of nitrogens with zero attached hydrogens (tertiary/aromatic N) is 1. The standard InChI is InChI=1S/C20H27N3/c21-16-18-6-4-5-17(15-18)9-12-23-13-10-20(11-14-23)22-19-7-2-1-3-8-19/h1-8,15,20,22H,9-14,16,21H2. The topological polar surface area (TPSA) is 41.3 Å². The zero-order valence-corrected chi connectivity index (χ0v) is 13.7. The lowest BCUT2D eigenvalue weighted by Gasteiger charge is -2.32. The van der Waals surface area contributed by atoms with Crippen molar-refractivity contribution < 1.29 is 0 Å². The molecule has 0 aliphatic carbocycles. The van der Waals surface area contributed by atoms with Gasteiger partial charge in [0.1, 0.15) is 0 Å². The van der Waals surface area contributed by atoms with Gasteiger partial charge in [-0.15, -0.1) is 0 Å². The molecule has 3 N–H and O–H groups in total. The largest absolute Gasteiger partial charge is 0.382 e. The van der Waals surface area contributed by atoms with E-state index in [4.69, 9.17) is 5.73 Å². The van der Waals surface area contributed by atoms with Crippen LogP contribution in [0.15, 0.2) is 54.6 Å². The van der Waals surface area contributed by atoms with Crippen molar-refractivity contribution >= 4 is 5.69 Å². The Kier molecular flexibility index (Phi) is 5.67. The van der Waals surface area contributed by atoms with Gasteiger partial charge in [-0.3, -0.25) is 0 Å². The van der Waals surface area contributed by atoms with Crippen molar-refractivity contribution in [2.24, 2.45) is 5.73 Å². The van der Waals surface area contributed by atoms with Crippen LogP contribution in [0.25, 0.3) is 0 Å². The maximum Gasteiger partial charge on any atom is 0.0342 e. The highest BCUT2D eigenvalue weighted by molar-refractivity contribution is 5.43. The molecule has 2 aromatic rings. The Labute approximate surface area is 139 Å². The lowest BCUT2D eigenvalue weighted by molar-refractivity contribution is 0.221. The molecule has 3 rings (SSSR count). The highest BCUT2D eigenvalue weighted by atomic mass is 15.1. The Balaban J connectivity index is 1.42. The first-order valence-electron chi connectivity index (χ1n) is 8.65. The number of hydrogen-bond donors (Lipinski definition) is 2. The highest BCUT2D eigenvalue weighted by Gasteiger charge is 2.18. The van der Waals surface area contributed by atoms with Crippen molar-refractivity contribution in [2.75, 3.05) is 25.0 Å². The molecule has 1 heterocycles. The smallest absolute Gasteiger partial charge is 0.0342 e. The first kappa shape index (κ1) is 16.0. The molecule has 0 atom stereocenters. The van der Waals surface area contributed by atoms with Gasteiger partial charge >= 0.3 is 0 Å². The Morgan fingerprint density at radius 3 is 2.43 bits per heavy atom. The van der Waals surface area contributed by atoms with Gasteiger partial charge in [-0.25, -0.2) is 0 Å². The number of rotatable bonds is 6. The lowest BCUT2D eigenvalue weighted by atomic mass is 10.0. The Hall–Kier alpha value is -1.84. The first-order valence-corrected chi connectivity index (χ1v) is 8.65. The van der Waals surface area contributed by atoms with E-state index in [1.807, 2.05) is 0 Å². The second kappa shape index (κ2) is 8.14. The van der Waals surface area contributed by atoms with E-state index in [0.29, 0.717) is 12.6 Å². The molecule has 1 aliphatic rings. The van der Waals surface area contributed by atoms with Crippen LogP contribution >= 0.6 is 0 Å². The van der Waals surface area contributed by atoms with E-state index in [9.17, 15) is 0 Å². The molecule has 23 heavy (non-hydrogen) atoms. The number of anilines is 1. The maximum absolute atomic E-state index is 5.72. The summed E-state index contributed by atoms with van der Waals surface area (Å²) in [5.74, 6) is 0. The number of nitrogens with two attached hydrogens (primary N) is 1. The van der Waals surface area contributed by atoms with Crippen molar-refractivity contribution in [2.45, 2.75) is 31.8 Å². The Bertz CT molecular complexity index is 589. The molecule has 0 radical (unpaired) electrons. The molecule has 0 spiro atoms. The minimum absolute atomic E-state index is 0.606. The molecule has 3 heteroatoms. The lowest BCUT2D eigenvalue weighted by Crippen LogP contribution is -2.40. The van der Waals surface area contributed by atoms with Gasteiger partial charge < -0.3 is 16.0 Å². The number of hydrogen-bond acceptors (Lipinski definition) is 3. The molecule has 122 valence electrons. The van der Waals surface area contributed by atoms with Crippen LogP contribution in [-0.2, 0) is 13.0 Å². The molecule has 1 fully saturated rings. The van der Waals surface area contributed by atoms with Crippen LogP contribution in [-0.4, -0.2) is 30.6 Å². The van der Waals surface area contributed by atoms with Crippen LogP contribution in [0.1, 0.15) is 24.0 Å². The third-order valence-electron chi connectivity index (χ3n) is 4.68. The van der Waals surface area contributed by atoms with Gasteiger partial charge in [0.05, 0.1) is 0 Å². The highest BCUT2D eigenvalue weighted by Crippen LogP contribution is 2.17. The second-order valence-corrected chi connectivity index (χ2v) is 6.40. The molecular weight excluding hydrogens is 282 g/mol. The second-order valence-electron chi connectivity index (χ2n) is 6.40. The van der Waals surface area contributed by atoms with Gasteiger partial charge in [0.25, 0.3) is 0 Å². The first-order chi connectivity index (χ1) is 11.3. The predicted octanol–water partition coefficient (Wildman–Crippen LogP) is 3.26. The fraction of sp³-hybridized carbons (Fsp3) is 0.400. The molecule has 1 saturated heterocycles. The number of piperidine rings is 1. The zero-order valence-electron chi connectivity index (χ0n) is 13.7. The normalized spacial score (nSPS) is 16.4. The summed E-state index contributed by atoms with van der Waals surface area (Å²) in [7, 11) is 0. The molecule has 1 aliphatic heterocycles. The minimum Gasteiger partial charge on any atom is -0.382 e. The summed E-state index contributed by atoms with van der Waals surface area (Å²) in [6, 6.07) is 19.8. The molecule has 0 unspecified atom stereocenters. The van der Waals surface area contributed by atoms with Crippen LogP contribution in [0.3, 0.4) is 0 Å². The van der Waals surface area contributed by atoms with Gasteiger partial charge in [0.15, 0.2) is 0 Å².